The third-order valence-electron chi connectivity index (χ3n) is 5.19. The van der Waals surface area contributed by atoms with Gasteiger partial charge in [0, 0.05) is 45.1 Å². The lowest BCUT2D eigenvalue weighted by Gasteiger charge is -2.44. The number of nitrogens with zero attached hydrogens (tertiary/aromatic N) is 1. The van der Waals surface area contributed by atoms with Crippen LogP contribution in [0.5, 0.6) is 0 Å². The molecule has 4 heteroatoms. The van der Waals surface area contributed by atoms with Crippen molar-refractivity contribution in [1.29, 1.82) is 0 Å². The minimum absolute atomic E-state index is 0.100. The van der Waals surface area contributed by atoms with E-state index in [1.54, 1.807) is 7.05 Å². The summed E-state index contributed by atoms with van der Waals surface area (Å²) in [5.41, 5.74) is 2.72. The zero-order valence-corrected chi connectivity index (χ0v) is 13.5. The Bertz CT molecular complexity index is 532. The number of benzene rings is 1. The molecule has 1 amide bonds. The molecule has 2 saturated heterocycles. The monoisotopic (exact) mass is 302 g/mol. The number of piperidine rings is 1. The third kappa shape index (κ3) is 3.18. The number of fused-ring (bicyclic) bond motifs is 1. The molecule has 2 heterocycles. The van der Waals surface area contributed by atoms with E-state index in [0.717, 1.165) is 39.1 Å². The van der Waals surface area contributed by atoms with E-state index in [-0.39, 0.29) is 17.9 Å². The summed E-state index contributed by atoms with van der Waals surface area (Å²) in [6.07, 6.45) is 2.13. The van der Waals surface area contributed by atoms with Crippen molar-refractivity contribution >= 4 is 5.91 Å². The van der Waals surface area contributed by atoms with Crippen LogP contribution in [-0.2, 0) is 16.1 Å². The molecule has 2 aliphatic heterocycles. The Labute approximate surface area is 132 Å². The highest BCUT2D eigenvalue weighted by atomic mass is 16.5. The average Bonchev–Trinajstić information content (AvgIpc) is 2.55. The Hall–Kier alpha value is -1.39. The molecule has 0 unspecified atom stereocenters. The first-order valence-corrected chi connectivity index (χ1v) is 8.29. The maximum atomic E-state index is 12.2. The fraction of sp³-hybridized carbons (Fsp3) is 0.611. The number of nitrogens with one attached hydrogen (secondary N) is 1. The predicted molar refractivity (Wildman–Crippen MR) is 86.5 cm³/mol. The summed E-state index contributed by atoms with van der Waals surface area (Å²) in [6, 6.07) is 8.56. The van der Waals surface area contributed by atoms with Crippen LogP contribution in [0.2, 0.25) is 0 Å². The van der Waals surface area contributed by atoms with E-state index in [2.05, 4.69) is 41.4 Å². The minimum atomic E-state index is 0.100. The number of hydrogen-bond donors (Lipinski definition) is 1. The summed E-state index contributed by atoms with van der Waals surface area (Å²) in [4.78, 5) is 14.6. The topological polar surface area (TPSA) is 41.6 Å². The number of aryl methyl sites for hydroxylation is 1. The van der Waals surface area contributed by atoms with Gasteiger partial charge in [0.1, 0.15) is 0 Å². The number of carbonyl (C=O) groups excluding carboxylic acids is 1. The number of carbonyl (C=O) groups is 1. The maximum absolute atomic E-state index is 12.2. The lowest BCUT2D eigenvalue weighted by Crippen LogP contribution is -2.52. The van der Waals surface area contributed by atoms with Crippen molar-refractivity contribution in [1.82, 2.24) is 10.2 Å². The normalized spacial score (nSPS) is 28.9. The van der Waals surface area contributed by atoms with Crippen LogP contribution >= 0.6 is 0 Å². The highest BCUT2D eigenvalue weighted by Crippen LogP contribution is 2.33. The first-order chi connectivity index (χ1) is 10.7. The number of ether oxygens (including phenoxy) is 1. The summed E-state index contributed by atoms with van der Waals surface area (Å²) >= 11 is 0. The molecule has 2 aliphatic rings. The highest BCUT2D eigenvalue weighted by molar-refractivity contribution is 5.78. The number of amides is 1. The summed E-state index contributed by atoms with van der Waals surface area (Å²) in [5.74, 6) is 0.603. The van der Waals surface area contributed by atoms with Crippen molar-refractivity contribution in [3.63, 3.8) is 0 Å². The molecule has 120 valence electrons. The van der Waals surface area contributed by atoms with Gasteiger partial charge in [-0.25, -0.2) is 0 Å². The number of likely N-dealkylation sites (tertiary alicyclic amines) is 1. The molecule has 0 bridgehead atoms. The Kier molecular flexibility index (Phi) is 4.79. The van der Waals surface area contributed by atoms with E-state index in [9.17, 15) is 4.79 Å². The SMILES string of the molecule is CNC(=O)[C@@H]1CCO[C@@H]2CCN(Cc3ccccc3C)C[C@H]21. The predicted octanol–water partition coefficient (Wildman–Crippen LogP) is 1.97. The Morgan fingerprint density at radius 2 is 2.18 bits per heavy atom. The van der Waals surface area contributed by atoms with Gasteiger partial charge >= 0.3 is 0 Å². The molecule has 1 aromatic carbocycles. The van der Waals surface area contributed by atoms with Crippen molar-refractivity contribution in [3.8, 4) is 0 Å². The molecule has 0 radical (unpaired) electrons. The summed E-state index contributed by atoms with van der Waals surface area (Å²) in [5, 5.41) is 2.83. The second kappa shape index (κ2) is 6.80. The Morgan fingerprint density at radius 1 is 1.36 bits per heavy atom. The van der Waals surface area contributed by atoms with Crippen LogP contribution in [0.1, 0.15) is 24.0 Å². The largest absolute Gasteiger partial charge is 0.378 e. The second-order valence-electron chi connectivity index (χ2n) is 6.53. The quantitative estimate of drug-likeness (QED) is 0.928. The molecule has 1 N–H and O–H groups in total. The van der Waals surface area contributed by atoms with E-state index < -0.39 is 0 Å². The third-order valence-corrected chi connectivity index (χ3v) is 5.19. The van der Waals surface area contributed by atoms with Crippen LogP contribution in [0, 0.1) is 18.8 Å². The first-order valence-electron chi connectivity index (χ1n) is 8.29. The van der Waals surface area contributed by atoms with Crippen molar-refractivity contribution in [2.24, 2.45) is 11.8 Å². The molecule has 4 nitrogen and oxygen atoms in total. The summed E-state index contributed by atoms with van der Waals surface area (Å²) in [6.45, 7) is 5.86. The van der Waals surface area contributed by atoms with Crippen LogP contribution in [0.25, 0.3) is 0 Å². The standard InChI is InChI=1S/C18H26N2O2/c1-13-5-3-4-6-14(13)11-20-9-7-17-16(12-20)15(8-10-22-17)18(21)19-2/h3-6,15-17H,7-12H2,1-2H3,(H,19,21)/t15-,16+,17-/m1/s1. The zero-order valence-electron chi connectivity index (χ0n) is 13.5. The van der Waals surface area contributed by atoms with Gasteiger partial charge in [-0.15, -0.1) is 0 Å². The average molecular weight is 302 g/mol. The van der Waals surface area contributed by atoms with E-state index in [1.165, 1.54) is 11.1 Å². The van der Waals surface area contributed by atoms with Crippen molar-refractivity contribution in [2.75, 3.05) is 26.7 Å². The van der Waals surface area contributed by atoms with Crippen molar-refractivity contribution in [3.05, 3.63) is 35.4 Å². The van der Waals surface area contributed by atoms with E-state index >= 15 is 0 Å². The lowest BCUT2D eigenvalue weighted by atomic mass is 9.79. The van der Waals surface area contributed by atoms with Gasteiger partial charge in [-0.3, -0.25) is 9.69 Å². The molecule has 0 spiro atoms. The smallest absolute Gasteiger partial charge is 0.223 e. The highest BCUT2D eigenvalue weighted by Gasteiger charge is 2.41. The van der Waals surface area contributed by atoms with Crippen LogP contribution in [0.3, 0.4) is 0 Å². The summed E-state index contributed by atoms with van der Waals surface area (Å²) < 4.78 is 5.92. The Morgan fingerprint density at radius 3 is 2.95 bits per heavy atom. The van der Waals surface area contributed by atoms with Gasteiger partial charge in [-0.1, -0.05) is 24.3 Å². The molecule has 3 atom stereocenters. The molecular weight excluding hydrogens is 276 g/mol. The van der Waals surface area contributed by atoms with E-state index in [1.807, 2.05) is 0 Å². The molecule has 0 saturated carbocycles. The fourth-order valence-corrected chi connectivity index (χ4v) is 3.87. The van der Waals surface area contributed by atoms with Gasteiger partial charge < -0.3 is 10.1 Å². The first kappa shape index (κ1) is 15.5. The number of rotatable bonds is 3. The van der Waals surface area contributed by atoms with Gasteiger partial charge in [0.15, 0.2) is 0 Å². The molecule has 2 fully saturated rings. The van der Waals surface area contributed by atoms with Gasteiger partial charge in [-0.2, -0.15) is 0 Å². The van der Waals surface area contributed by atoms with Gasteiger partial charge in [0.25, 0.3) is 0 Å². The van der Waals surface area contributed by atoms with Gasteiger partial charge in [0.05, 0.1) is 6.10 Å². The maximum Gasteiger partial charge on any atom is 0.223 e. The molecule has 1 aromatic rings. The minimum Gasteiger partial charge on any atom is -0.378 e. The fourth-order valence-electron chi connectivity index (χ4n) is 3.87. The molecule has 0 aromatic heterocycles. The molecular formula is C18H26N2O2. The van der Waals surface area contributed by atoms with Crippen LogP contribution in [-0.4, -0.2) is 43.7 Å². The van der Waals surface area contributed by atoms with Gasteiger partial charge in [0.2, 0.25) is 5.91 Å². The second-order valence-corrected chi connectivity index (χ2v) is 6.53. The molecule has 0 aliphatic carbocycles. The zero-order chi connectivity index (χ0) is 15.5. The van der Waals surface area contributed by atoms with Crippen LogP contribution in [0.4, 0.5) is 0 Å². The van der Waals surface area contributed by atoms with Crippen LogP contribution in [0.15, 0.2) is 24.3 Å². The lowest BCUT2D eigenvalue weighted by molar-refractivity contribution is -0.141. The van der Waals surface area contributed by atoms with E-state index in [4.69, 9.17) is 4.74 Å². The van der Waals surface area contributed by atoms with Crippen molar-refractivity contribution < 1.29 is 9.53 Å². The molecule has 22 heavy (non-hydrogen) atoms. The van der Waals surface area contributed by atoms with Crippen molar-refractivity contribution in [2.45, 2.75) is 32.4 Å². The molecule has 3 rings (SSSR count). The summed E-state index contributed by atoms with van der Waals surface area (Å²) in [7, 11) is 1.74. The van der Waals surface area contributed by atoms with Crippen LogP contribution < -0.4 is 5.32 Å². The number of hydrogen-bond acceptors (Lipinski definition) is 3. The van der Waals surface area contributed by atoms with Gasteiger partial charge in [-0.05, 0) is 30.9 Å². The Balaban J connectivity index is 1.69. The van der Waals surface area contributed by atoms with E-state index in [0.29, 0.717) is 5.92 Å².